The Labute approximate surface area is 197 Å². The lowest BCUT2D eigenvalue weighted by molar-refractivity contribution is -0.157. The van der Waals surface area contributed by atoms with E-state index in [9.17, 15) is 14.7 Å². The fourth-order valence-corrected chi connectivity index (χ4v) is 2.99. The molecule has 0 fully saturated rings. The molecule has 0 aliphatic rings. The first kappa shape index (κ1) is 33.0. The molecule has 0 aromatic carbocycles. The molecule has 32 heavy (non-hydrogen) atoms. The van der Waals surface area contributed by atoms with Gasteiger partial charge in [0.1, 0.15) is 0 Å². The third-order valence-corrected chi connectivity index (χ3v) is 6.41. The zero-order valence-electron chi connectivity index (χ0n) is 21.8. The van der Waals surface area contributed by atoms with Gasteiger partial charge in [0.25, 0.3) is 0 Å². The Hall–Kier alpha value is -1.14. The maximum Gasteiger partial charge on any atom is 0.314 e. The van der Waals surface area contributed by atoms with Gasteiger partial charge >= 0.3 is 11.9 Å². The highest BCUT2D eigenvalue weighted by molar-refractivity contribution is 5.76. The molecule has 0 aromatic rings. The SMILES string of the molecule is CCC(C)(CO)C(=O)OC.CCCCCCCCCCCCCOC(=O)C(C)(CC)CO. The van der Waals surface area contributed by atoms with Gasteiger partial charge in [0.2, 0.25) is 0 Å². The number of ether oxygens (including phenoxy) is 2. The van der Waals surface area contributed by atoms with Crippen LogP contribution in [0.15, 0.2) is 0 Å². The molecule has 0 aromatic heterocycles. The lowest BCUT2D eigenvalue weighted by Crippen LogP contribution is -2.33. The maximum atomic E-state index is 11.8. The average molecular weight is 461 g/mol. The minimum atomic E-state index is -0.724. The van der Waals surface area contributed by atoms with Gasteiger partial charge < -0.3 is 19.7 Å². The molecule has 0 spiro atoms. The molecule has 0 rings (SSSR count). The van der Waals surface area contributed by atoms with Crippen molar-refractivity contribution in [2.24, 2.45) is 10.8 Å². The smallest absolute Gasteiger partial charge is 0.314 e. The van der Waals surface area contributed by atoms with E-state index in [4.69, 9.17) is 9.84 Å². The van der Waals surface area contributed by atoms with Crippen molar-refractivity contribution in [3.63, 3.8) is 0 Å². The molecule has 0 aliphatic carbocycles. The highest BCUT2D eigenvalue weighted by Crippen LogP contribution is 2.22. The topological polar surface area (TPSA) is 93.1 Å². The van der Waals surface area contributed by atoms with Gasteiger partial charge in [-0.2, -0.15) is 0 Å². The standard InChI is InChI=1S/C19H38O3.C7H14O3/c1-4-6-7-8-9-10-11-12-13-14-15-16-22-18(21)19(3,5-2)17-20;1-4-7(2,5-8)6(9)10-3/h20H,4-17H2,1-3H3;8H,4-5H2,1-3H3. The number of aliphatic hydroxyl groups excluding tert-OH is 2. The monoisotopic (exact) mass is 460 g/mol. The van der Waals surface area contributed by atoms with Crippen molar-refractivity contribution < 1.29 is 29.3 Å². The maximum absolute atomic E-state index is 11.8. The van der Waals surface area contributed by atoms with E-state index in [1.54, 1.807) is 13.8 Å². The number of esters is 2. The van der Waals surface area contributed by atoms with Gasteiger partial charge in [0.15, 0.2) is 0 Å². The number of hydrogen-bond donors (Lipinski definition) is 2. The average Bonchev–Trinajstić information content (AvgIpc) is 2.83. The van der Waals surface area contributed by atoms with Crippen molar-refractivity contribution in [2.45, 2.75) is 118 Å². The third-order valence-electron chi connectivity index (χ3n) is 6.41. The predicted octanol–water partition coefficient (Wildman–Crippen LogP) is 5.82. The van der Waals surface area contributed by atoms with Crippen LogP contribution in [-0.4, -0.2) is 49.1 Å². The summed E-state index contributed by atoms with van der Waals surface area (Å²) in [5.41, 5.74) is -1.44. The summed E-state index contributed by atoms with van der Waals surface area (Å²) < 4.78 is 9.77. The summed E-state index contributed by atoms with van der Waals surface area (Å²) >= 11 is 0. The van der Waals surface area contributed by atoms with Crippen LogP contribution in [0.2, 0.25) is 0 Å². The summed E-state index contributed by atoms with van der Waals surface area (Å²) in [4.78, 5) is 22.7. The molecular weight excluding hydrogens is 408 g/mol. The number of rotatable bonds is 18. The van der Waals surface area contributed by atoms with Gasteiger partial charge in [-0.15, -0.1) is 0 Å². The van der Waals surface area contributed by atoms with Crippen molar-refractivity contribution >= 4 is 11.9 Å². The number of carbonyl (C=O) groups excluding carboxylic acids is 2. The van der Waals surface area contributed by atoms with Crippen LogP contribution in [-0.2, 0) is 19.1 Å². The van der Waals surface area contributed by atoms with Crippen LogP contribution in [0.25, 0.3) is 0 Å². The quantitative estimate of drug-likeness (QED) is 0.198. The predicted molar refractivity (Wildman–Crippen MR) is 130 cm³/mol. The van der Waals surface area contributed by atoms with Crippen LogP contribution in [0.3, 0.4) is 0 Å². The van der Waals surface area contributed by atoms with Crippen LogP contribution >= 0.6 is 0 Å². The molecule has 0 bridgehead atoms. The van der Waals surface area contributed by atoms with Crippen molar-refractivity contribution in [3.05, 3.63) is 0 Å². The summed E-state index contributed by atoms with van der Waals surface area (Å²) in [6.45, 7) is 9.63. The van der Waals surface area contributed by atoms with E-state index >= 15 is 0 Å². The summed E-state index contributed by atoms with van der Waals surface area (Å²) in [7, 11) is 1.33. The van der Waals surface area contributed by atoms with Gasteiger partial charge in [-0.1, -0.05) is 85.0 Å². The lowest BCUT2D eigenvalue weighted by Gasteiger charge is -2.23. The largest absolute Gasteiger partial charge is 0.469 e. The Morgan fingerprint density at radius 2 is 1.03 bits per heavy atom. The number of aliphatic hydroxyl groups is 2. The second kappa shape index (κ2) is 20.5. The van der Waals surface area contributed by atoms with Gasteiger partial charge in [-0.25, -0.2) is 0 Å². The van der Waals surface area contributed by atoms with Crippen molar-refractivity contribution in [2.75, 3.05) is 26.9 Å². The molecule has 6 heteroatoms. The lowest BCUT2D eigenvalue weighted by atomic mass is 9.89. The summed E-state index contributed by atoms with van der Waals surface area (Å²) in [6, 6.07) is 0. The normalized spacial score (nSPS) is 14.5. The summed E-state index contributed by atoms with van der Waals surface area (Å²) in [5, 5.41) is 18.0. The Bertz CT molecular complexity index is 455. The molecule has 0 amide bonds. The molecule has 0 radical (unpaired) electrons. The molecule has 192 valence electrons. The van der Waals surface area contributed by atoms with Gasteiger partial charge in [-0.3, -0.25) is 9.59 Å². The van der Waals surface area contributed by atoms with Crippen molar-refractivity contribution in [1.29, 1.82) is 0 Å². The first-order chi connectivity index (χ1) is 15.2. The van der Waals surface area contributed by atoms with Gasteiger partial charge in [-0.05, 0) is 33.1 Å². The molecule has 6 nitrogen and oxygen atoms in total. The number of methoxy groups -OCH3 is 1. The first-order valence-corrected chi connectivity index (χ1v) is 12.7. The van der Waals surface area contributed by atoms with E-state index < -0.39 is 10.8 Å². The Morgan fingerprint density at radius 3 is 1.34 bits per heavy atom. The van der Waals surface area contributed by atoms with Crippen molar-refractivity contribution in [1.82, 2.24) is 0 Å². The minimum Gasteiger partial charge on any atom is -0.469 e. The van der Waals surface area contributed by atoms with Crippen molar-refractivity contribution in [3.8, 4) is 0 Å². The van der Waals surface area contributed by atoms with Gasteiger partial charge in [0.05, 0.1) is 37.8 Å². The fourth-order valence-electron chi connectivity index (χ4n) is 2.99. The first-order valence-electron chi connectivity index (χ1n) is 12.7. The molecule has 0 saturated heterocycles. The number of carbonyl (C=O) groups is 2. The molecule has 0 saturated carbocycles. The van der Waals surface area contributed by atoms with Crippen LogP contribution in [0.5, 0.6) is 0 Å². The van der Waals surface area contributed by atoms with E-state index in [2.05, 4.69) is 11.7 Å². The second-order valence-corrected chi connectivity index (χ2v) is 9.31. The molecule has 0 aliphatic heterocycles. The Kier molecular flexibility index (Phi) is 21.1. The molecule has 2 unspecified atom stereocenters. The molecule has 0 heterocycles. The summed E-state index contributed by atoms with van der Waals surface area (Å²) in [5.74, 6) is -0.609. The molecule has 2 atom stereocenters. The number of hydrogen-bond acceptors (Lipinski definition) is 6. The Balaban J connectivity index is 0. The van der Waals surface area contributed by atoms with E-state index in [0.29, 0.717) is 19.4 Å². The fraction of sp³-hybridized carbons (Fsp3) is 0.923. The van der Waals surface area contributed by atoms with E-state index in [-0.39, 0.29) is 25.2 Å². The number of unbranched alkanes of at least 4 members (excludes halogenated alkanes) is 10. The third kappa shape index (κ3) is 14.8. The van der Waals surface area contributed by atoms with Gasteiger partial charge in [0, 0.05) is 0 Å². The molecular formula is C26H52O6. The minimum absolute atomic E-state index is 0.138. The van der Waals surface area contributed by atoms with Crippen LogP contribution in [0, 0.1) is 10.8 Å². The summed E-state index contributed by atoms with van der Waals surface area (Å²) in [6.07, 6.45) is 15.4. The van der Waals surface area contributed by atoms with E-state index in [1.807, 2.05) is 13.8 Å². The highest BCUT2D eigenvalue weighted by atomic mass is 16.5. The van der Waals surface area contributed by atoms with E-state index in [0.717, 1.165) is 12.8 Å². The zero-order chi connectivity index (χ0) is 24.9. The molecule has 2 N–H and O–H groups in total. The highest BCUT2D eigenvalue weighted by Gasteiger charge is 2.32. The van der Waals surface area contributed by atoms with E-state index in [1.165, 1.54) is 64.9 Å². The van der Waals surface area contributed by atoms with Crippen LogP contribution < -0.4 is 0 Å². The van der Waals surface area contributed by atoms with Crippen LogP contribution in [0.1, 0.15) is 118 Å². The zero-order valence-corrected chi connectivity index (χ0v) is 21.8. The van der Waals surface area contributed by atoms with Crippen LogP contribution in [0.4, 0.5) is 0 Å². The Morgan fingerprint density at radius 1 is 0.656 bits per heavy atom. The second-order valence-electron chi connectivity index (χ2n) is 9.31.